The summed E-state index contributed by atoms with van der Waals surface area (Å²) in [7, 11) is 0. The molecule has 0 aromatic rings. The molecule has 3 atom stereocenters. The molecule has 4 heteroatoms. The Morgan fingerprint density at radius 2 is 1.76 bits per heavy atom. The molecule has 1 aliphatic carbocycles. The topological polar surface area (TPSA) is 74.6 Å². The summed E-state index contributed by atoms with van der Waals surface area (Å²) in [5.74, 6) is 0.0506. The number of ketones is 1. The van der Waals surface area contributed by atoms with Gasteiger partial charge in [-0.3, -0.25) is 9.59 Å². The molecule has 0 aromatic heterocycles. The number of carbonyl (C=O) groups is 2. The van der Waals surface area contributed by atoms with Crippen LogP contribution in [0, 0.1) is 11.8 Å². The van der Waals surface area contributed by atoms with Gasteiger partial charge in [0, 0.05) is 18.8 Å². The Labute approximate surface area is 176 Å². The van der Waals surface area contributed by atoms with Crippen LogP contribution in [0.25, 0.3) is 0 Å². The fraction of sp³-hybridized carbons (Fsp3) is 0.680. The zero-order valence-electron chi connectivity index (χ0n) is 18.1. The van der Waals surface area contributed by atoms with Crippen LogP contribution in [0.2, 0.25) is 0 Å². The Morgan fingerprint density at radius 1 is 1.07 bits per heavy atom. The molecule has 1 saturated carbocycles. The number of allylic oxidation sites excluding steroid dienone is 5. The summed E-state index contributed by atoms with van der Waals surface area (Å²) in [5.41, 5.74) is 0. The van der Waals surface area contributed by atoms with Gasteiger partial charge in [-0.2, -0.15) is 0 Å². The third kappa shape index (κ3) is 12.5. The molecule has 29 heavy (non-hydrogen) atoms. The first-order chi connectivity index (χ1) is 14.0. The van der Waals surface area contributed by atoms with Gasteiger partial charge in [0.1, 0.15) is 5.78 Å². The number of rotatable bonds is 16. The minimum atomic E-state index is -0.754. The molecule has 1 fully saturated rings. The zero-order valence-corrected chi connectivity index (χ0v) is 18.1. The van der Waals surface area contributed by atoms with Crippen LogP contribution >= 0.6 is 0 Å². The number of Topliss-reactive ketones (excluding diaryl/α,β-unsaturated/α-hetero) is 1. The molecule has 0 unspecified atom stereocenters. The summed E-state index contributed by atoms with van der Waals surface area (Å²) in [4.78, 5) is 22.6. The number of hydrogen-bond donors (Lipinski definition) is 2. The summed E-state index contributed by atoms with van der Waals surface area (Å²) < 4.78 is 0. The lowest BCUT2D eigenvalue weighted by molar-refractivity contribution is -0.136. The number of aliphatic hydroxyl groups excluding tert-OH is 1. The van der Waals surface area contributed by atoms with Crippen LogP contribution in [0.3, 0.4) is 0 Å². The number of unbranched alkanes of at least 4 members (excludes halogenated alkanes) is 4. The fourth-order valence-corrected chi connectivity index (χ4v) is 3.84. The first-order valence-electron chi connectivity index (χ1n) is 11.5. The van der Waals surface area contributed by atoms with Gasteiger partial charge in [0.05, 0.1) is 6.10 Å². The average Bonchev–Trinajstić information content (AvgIpc) is 3.04. The van der Waals surface area contributed by atoms with E-state index >= 15 is 0 Å². The lowest BCUT2D eigenvalue weighted by atomic mass is 9.89. The Hall–Kier alpha value is -1.68. The molecule has 1 aliphatic rings. The maximum atomic E-state index is 12.2. The summed E-state index contributed by atoms with van der Waals surface area (Å²) in [6, 6.07) is 0. The largest absolute Gasteiger partial charge is 0.481 e. The van der Waals surface area contributed by atoms with Crippen molar-refractivity contribution in [1.29, 1.82) is 0 Å². The van der Waals surface area contributed by atoms with E-state index in [-0.39, 0.29) is 18.4 Å². The van der Waals surface area contributed by atoms with Crippen LogP contribution in [0.15, 0.2) is 36.5 Å². The van der Waals surface area contributed by atoms with Crippen LogP contribution in [0.1, 0.15) is 90.4 Å². The first kappa shape index (κ1) is 25.4. The normalized spacial score (nSPS) is 21.1. The molecule has 0 bridgehead atoms. The van der Waals surface area contributed by atoms with E-state index < -0.39 is 5.97 Å². The summed E-state index contributed by atoms with van der Waals surface area (Å²) in [5, 5.41) is 18.6. The second-order valence-corrected chi connectivity index (χ2v) is 8.11. The Morgan fingerprint density at radius 3 is 2.45 bits per heavy atom. The standard InChI is InChI=1S/C25H40O4/c1-2-3-11-14-22(26)19-17-21-18-20-24(27)23(21)15-12-9-7-5-4-6-8-10-13-16-25(28)29/h5,7-8,10,17,19,21-23,26H,2-4,6,9,11-16,18,20H2,1H3,(H,28,29)/b7-5+,10-8+,19-17+/t21-,22+,23+/m0/s1. The number of aliphatic hydroxyl groups is 1. The molecule has 0 aliphatic heterocycles. The maximum Gasteiger partial charge on any atom is 0.303 e. The Kier molecular flexibility index (Phi) is 14.1. The van der Waals surface area contributed by atoms with Gasteiger partial charge in [-0.05, 0) is 57.3 Å². The Bertz CT molecular complexity index is 547. The van der Waals surface area contributed by atoms with E-state index in [2.05, 4.69) is 25.2 Å². The van der Waals surface area contributed by atoms with Gasteiger partial charge in [0.15, 0.2) is 0 Å². The average molecular weight is 405 g/mol. The van der Waals surface area contributed by atoms with Crippen molar-refractivity contribution in [2.75, 3.05) is 0 Å². The third-order valence-electron chi connectivity index (χ3n) is 5.58. The summed E-state index contributed by atoms with van der Waals surface area (Å²) >= 11 is 0. The number of aliphatic carboxylic acids is 1. The SMILES string of the molecule is CCCCC[C@@H](O)/C=C/[C@H]1CCC(=O)[C@@H]1CCC/C=C/CC/C=C/CCC(=O)O. The fourth-order valence-electron chi connectivity index (χ4n) is 3.84. The summed E-state index contributed by atoms with van der Waals surface area (Å²) in [6.07, 6.45) is 23.4. The van der Waals surface area contributed by atoms with E-state index in [0.717, 1.165) is 64.2 Å². The van der Waals surface area contributed by atoms with Gasteiger partial charge in [-0.15, -0.1) is 0 Å². The molecule has 1 rings (SSSR count). The van der Waals surface area contributed by atoms with E-state index in [1.807, 2.05) is 18.2 Å². The van der Waals surface area contributed by atoms with Gasteiger partial charge in [-0.1, -0.05) is 62.6 Å². The van der Waals surface area contributed by atoms with Crippen LogP contribution in [-0.4, -0.2) is 28.1 Å². The van der Waals surface area contributed by atoms with E-state index in [0.29, 0.717) is 24.5 Å². The second kappa shape index (κ2) is 16.2. The number of carboxylic acids is 1. The van der Waals surface area contributed by atoms with Gasteiger partial charge in [0.25, 0.3) is 0 Å². The maximum absolute atomic E-state index is 12.2. The number of carbonyl (C=O) groups excluding carboxylic acids is 1. The van der Waals surface area contributed by atoms with Gasteiger partial charge < -0.3 is 10.2 Å². The molecule has 0 saturated heterocycles. The van der Waals surface area contributed by atoms with E-state index in [9.17, 15) is 14.7 Å². The van der Waals surface area contributed by atoms with E-state index in [1.165, 1.54) is 0 Å². The van der Waals surface area contributed by atoms with Crippen molar-refractivity contribution in [2.45, 2.75) is 96.5 Å². The van der Waals surface area contributed by atoms with E-state index in [4.69, 9.17) is 5.11 Å². The second-order valence-electron chi connectivity index (χ2n) is 8.11. The van der Waals surface area contributed by atoms with Crippen LogP contribution in [0.4, 0.5) is 0 Å². The molecular formula is C25H40O4. The predicted molar refractivity (Wildman–Crippen MR) is 119 cm³/mol. The molecule has 4 nitrogen and oxygen atoms in total. The van der Waals surface area contributed by atoms with Crippen molar-refractivity contribution in [2.24, 2.45) is 11.8 Å². The van der Waals surface area contributed by atoms with Crippen molar-refractivity contribution in [3.63, 3.8) is 0 Å². The van der Waals surface area contributed by atoms with Crippen molar-refractivity contribution >= 4 is 11.8 Å². The molecular weight excluding hydrogens is 364 g/mol. The monoisotopic (exact) mass is 404 g/mol. The van der Waals surface area contributed by atoms with Gasteiger partial charge in [0.2, 0.25) is 0 Å². The molecule has 2 N–H and O–H groups in total. The molecule has 164 valence electrons. The van der Waals surface area contributed by atoms with Crippen LogP contribution < -0.4 is 0 Å². The molecule has 0 heterocycles. The molecule has 0 radical (unpaired) electrons. The first-order valence-corrected chi connectivity index (χ1v) is 11.5. The van der Waals surface area contributed by atoms with Crippen LogP contribution in [0.5, 0.6) is 0 Å². The smallest absolute Gasteiger partial charge is 0.303 e. The van der Waals surface area contributed by atoms with Gasteiger partial charge in [-0.25, -0.2) is 0 Å². The summed E-state index contributed by atoms with van der Waals surface area (Å²) in [6.45, 7) is 2.16. The Balaban J connectivity index is 2.20. The van der Waals surface area contributed by atoms with Crippen LogP contribution in [-0.2, 0) is 9.59 Å². The highest BCUT2D eigenvalue weighted by Crippen LogP contribution is 2.33. The van der Waals surface area contributed by atoms with Crippen molar-refractivity contribution < 1.29 is 19.8 Å². The van der Waals surface area contributed by atoms with Crippen molar-refractivity contribution in [3.05, 3.63) is 36.5 Å². The highest BCUT2D eigenvalue weighted by atomic mass is 16.4. The minimum absolute atomic E-state index is 0.125. The zero-order chi connectivity index (χ0) is 21.3. The van der Waals surface area contributed by atoms with Crippen molar-refractivity contribution in [3.8, 4) is 0 Å². The lowest BCUT2D eigenvalue weighted by Crippen LogP contribution is -2.14. The third-order valence-corrected chi connectivity index (χ3v) is 5.58. The predicted octanol–water partition coefficient (Wildman–Crippen LogP) is 6.01. The lowest BCUT2D eigenvalue weighted by Gasteiger charge is -2.15. The number of carboxylic acid groups (broad SMARTS) is 1. The molecule has 0 amide bonds. The molecule has 0 spiro atoms. The highest BCUT2D eigenvalue weighted by Gasteiger charge is 2.32. The van der Waals surface area contributed by atoms with Crippen molar-refractivity contribution in [1.82, 2.24) is 0 Å². The van der Waals surface area contributed by atoms with Gasteiger partial charge >= 0.3 is 5.97 Å². The molecule has 0 aromatic carbocycles. The minimum Gasteiger partial charge on any atom is -0.481 e. The van der Waals surface area contributed by atoms with E-state index in [1.54, 1.807) is 0 Å². The number of hydrogen-bond acceptors (Lipinski definition) is 3. The highest BCUT2D eigenvalue weighted by molar-refractivity contribution is 5.83. The quantitative estimate of drug-likeness (QED) is 0.244.